The Labute approximate surface area is 118 Å². The third kappa shape index (κ3) is 4.32. The first-order valence-electron chi connectivity index (χ1n) is 7.28. The van der Waals surface area contributed by atoms with Crippen LogP contribution in [0, 0.1) is 6.92 Å². The summed E-state index contributed by atoms with van der Waals surface area (Å²) >= 11 is 0. The first-order chi connectivity index (χ1) is 8.79. The summed E-state index contributed by atoms with van der Waals surface area (Å²) in [5.41, 5.74) is 9.74. The molecule has 0 radical (unpaired) electrons. The predicted octanol–water partition coefficient (Wildman–Crippen LogP) is 3.50. The first kappa shape index (κ1) is 16.2. The lowest BCUT2D eigenvalue weighted by molar-refractivity contribution is 0.162. The van der Waals surface area contributed by atoms with Gasteiger partial charge in [0.25, 0.3) is 0 Å². The maximum atomic E-state index is 9.78. The van der Waals surface area contributed by atoms with Crippen LogP contribution >= 0.6 is 0 Å². The van der Waals surface area contributed by atoms with Crippen LogP contribution in [0.4, 0.5) is 0 Å². The van der Waals surface area contributed by atoms with Crippen LogP contribution in [0.2, 0.25) is 0 Å². The SMILES string of the molecule is CCC(CC(O)CN)c1ccc(C)c(C(C)(C)C)c1. The lowest BCUT2D eigenvalue weighted by atomic mass is 9.80. The van der Waals surface area contributed by atoms with E-state index in [0.29, 0.717) is 12.5 Å². The number of nitrogens with two attached hydrogens (primary N) is 1. The summed E-state index contributed by atoms with van der Waals surface area (Å²) < 4.78 is 0. The van der Waals surface area contributed by atoms with Crippen molar-refractivity contribution >= 4 is 0 Å². The zero-order valence-electron chi connectivity index (χ0n) is 13.0. The Morgan fingerprint density at radius 1 is 1.26 bits per heavy atom. The van der Waals surface area contributed by atoms with Crippen LogP contribution in [-0.2, 0) is 5.41 Å². The Kier molecular flexibility index (Phi) is 5.57. The smallest absolute Gasteiger partial charge is 0.0668 e. The molecule has 2 unspecified atom stereocenters. The highest BCUT2D eigenvalue weighted by atomic mass is 16.3. The van der Waals surface area contributed by atoms with Crippen molar-refractivity contribution in [3.63, 3.8) is 0 Å². The number of aliphatic hydroxyl groups is 1. The number of rotatable bonds is 5. The standard InChI is InChI=1S/C17H29NO/c1-6-13(9-15(19)11-18)14-8-7-12(2)16(10-14)17(3,4)5/h7-8,10,13,15,19H,6,9,11,18H2,1-5H3. The Hall–Kier alpha value is -0.860. The van der Waals surface area contributed by atoms with E-state index in [1.165, 1.54) is 16.7 Å². The van der Waals surface area contributed by atoms with Crippen LogP contribution in [-0.4, -0.2) is 17.8 Å². The summed E-state index contributed by atoms with van der Waals surface area (Å²) in [6.45, 7) is 11.4. The van der Waals surface area contributed by atoms with Crippen molar-refractivity contribution in [3.8, 4) is 0 Å². The van der Waals surface area contributed by atoms with Crippen molar-refractivity contribution in [2.24, 2.45) is 5.73 Å². The van der Waals surface area contributed by atoms with Crippen LogP contribution in [0.1, 0.15) is 63.1 Å². The molecule has 0 bridgehead atoms. The van der Waals surface area contributed by atoms with Crippen molar-refractivity contribution in [1.29, 1.82) is 0 Å². The zero-order valence-corrected chi connectivity index (χ0v) is 13.0. The molecule has 0 aliphatic rings. The van der Waals surface area contributed by atoms with E-state index in [4.69, 9.17) is 5.73 Å². The van der Waals surface area contributed by atoms with Gasteiger partial charge in [-0.2, -0.15) is 0 Å². The second-order valence-electron chi connectivity index (χ2n) is 6.55. The van der Waals surface area contributed by atoms with Crippen molar-refractivity contribution < 1.29 is 5.11 Å². The van der Waals surface area contributed by atoms with Crippen LogP contribution in [0.25, 0.3) is 0 Å². The number of benzene rings is 1. The average molecular weight is 263 g/mol. The molecule has 1 aromatic rings. The summed E-state index contributed by atoms with van der Waals surface area (Å²) in [6.07, 6.45) is 1.38. The monoisotopic (exact) mass is 263 g/mol. The summed E-state index contributed by atoms with van der Waals surface area (Å²) in [5, 5.41) is 9.78. The molecular formula is C17H29NO. The molecule has 19 heavy (non-hydrogen) atoms. The van der Waals surface area contributed by atoms with Gasteiger partial charge in [0.2, 0.25) is 0 Å². The number of aryl methyl sites for hydroxylation is 1. The Bertz CT molecular complexity index is 406. The minimum atomic E-state index is -0.399. The third-order valence-electron chi connectivity index (χ3n) is 3.86. The molecule has 0 aliphatic carbocycles. The summed E-state index contributed by atoms with van der Waals surface area (Å²) in [6, 6.07) is 6.71. The van der Waals surface area contributed by atoms with E-state index < -0.39 is 6.10 Å². The highest BCUT2D eigenvalue weighted by molar-refractivity contribution is 5.37. The van der Waals surface area contributed by atoms with E-state index in [0.717, 1.165) is 12.8 Å². The molecule has 3 N–H and O–H groups in total. The largest absolute Gasteiger partial charge is 0.392 e. The maximum Gasteiger partial charge on any atom is 0.0668 e. The number of hydrogen-bond acceptors (Lipinski definition) is 2. The van der Waals surface area contributed by atoms with E-state index in [9.17, 15) is 5.11 Å². The first-order valence-corrected chi connectivity index (χ1v) is 7.28. The fraction of sp³-hybridized carbons (Fsp3) is 0.647. The summed E-state index contributed by atoms with van der Waals surface area (Å²) in [7, 11) is 0. The van der Waals surface area contributed by atoms with Gasteiger partial charge in [0.1, 0.15) is 0 Å². The summed E-state index contributed by atoms with van der Waals surface area (Å²) in [5.74, 6) is 0.389. The van der Waals surface area contributed by atoms with Gasteiger partial charge in [-0.1, -0.05) is 45.9 Å². The molecule has 2 atom stereocenters. The van der Waals surface area contributed by atoms with Crippen LogP contribution in [0.15, 0.2) is 18.2 Å². The van der Waals surface area contributed by atoms with E-state index in [2.05, 4.69) is 52.8 Å². The fourth-order valence-electron chi connectivity index (χ4n) is 2.66. The highest BCUT2D eigenvalue weighted by Crippen LogP contribution is 2.31. The topological polar surface area (TPSA) is 46.2 Å². The molecule has 0 saturated heterocycles. The molecule has 1 aromatic carbocycles. The Balaban J connectivity index is 3.06. The molecule has 0 heterocycles. The van der Waals surface area contributed by atoms with Gasteiger partial charge in [-0.3, -0.25) is 0 Å². The molecule has 1 rings (SSSR count). The van der Waals surface area contributed by atoms with E-state index in [1.807, 2.05) is 0 Å². The quantitative estimate of drug-likeness (QED) is 0.854. The van der Waals surface area contributed by atoms with Crippen molar-refractivity contribution in [3.05, 3.63) is 34.9 Å². The molecule has 0 saturated carbocycles. The number of aliphatic hydroxyl groups excluding tert-OH is 1. The van der Waals surface area contributed by atoms with Gasteiger partial charge in [-0.05, 0) is 47.8 Å². The average Bonchev–Trinajstić information content (AvgIpc) is 2.35. The summed E-state index contributed by atoms with van der Waals surface area (Å²) in [4.78, 5) is 0. The minimum absolute atomic E-state index is 0.158. The molecule has 108 valence electrons. The molecule has 0 aromatic heterocycles. The maximum absolute atomic E-state index is 9.78. The lowest BCUT2D eigenvalue weighted by Crippen LogP contribution is -2.22. The van der Waals surface area contributed by atoms with Crippen molar-refractivity contribution in [2.75, 3.05) is 6.54 Å². The highest BCUT2D eigenvalue weighted by Gasteiger charge is 2.20. The van der Waals surface area contributed by atoms with Gasteiger partial charge in [-0.15, -0.1) is 0 Å². The third-order valence-corrected chi connectivity index (χ3v) is 3.86. The molecule has 0 amide bonds. The second-order valence-corrected chi connectivity index (χ2v) is 6.55. The Morgan fingerprint density at radius 3 is 2.37 bits per heavy atom. The van der Waals surface area contributed by atoms with Gasteiger partial charge in [0, 0.05) is 6.54 Å². The lowest BCUT2D eigenvalue weighted by Gasteiger charge is -2.25. The fourth-order valence-corrected chi connectivity index (χ4v) is 2.66. The van der Waals surface area contributed by atoms with Crippen LogP contribution < -0.4 is 5.73 Å². The Morgan fingerprint density at radius 2 is 1.89 bits per heavy atom. The van der Waals surface area contributed by atoms with Crippen LogP contribution in [0.3, 0.4) is 0 Å². The molecule has 0 fully saturated rings. The molecule has 0 aliphatic heterocycles. The molecule has 2 nitrogen and oxygen atoms in total. The van der Waals surface area contributed by atoms with E-state index in [-0.39, 0.29) is 5.41 Å². The predicted molar refractivity (Wildman–Crippen MR) is 82.6 cm³/mol. The second kappa shape index (κ2) is 6.53. The minimum Gasteiger partial charge on any atom is -0.392 e. The molecule has 0 spiro atoms. The number of hydrogen-bond donors (Lipinski definition) is 2. The zero-order chi connectivity index (χ0) is 14.6. The van der Waals surface area contributed by atoms with Gasteiger partial charge in [0.15, 0.2) is 0 Å². The normalized spacial score (nSPS) is 15.3. The molecule has 2 heteroatoms. The van der Waals surface area contributed by atoms with Crippen molar-refractivity contribution in [1.82, 2.24) is 0 Å². The van der Waals surface area contributed by atoms with Gasteiger partial charge >= 0.3 is 0 Å². The van der Waals surface area contributed by atoms with Crippen molar-refractivity contribution in [2.45, 2.75) is 64.9 Å². The van der Waals surface area contributed by atoms with Gasteiger partial charge < -0.3 is 10.8 Å². The van der Waals surface area contributed by atoms with Gasteiger partial charge in [0.05, 0.1) is 6.10 Å². The molecular weight excluding hydrogens is 234 g/mol. The van der Waals surface area contributed by atoms with Crippen LogP contribution in [0.5, 0.6) is 0 Å². The van der Waals surface area contributed by atoms with Gasteiger partial charge in [-0.25, -0.2) is 0 Å². The van der Waals surface area contributed by atoms with E-state index in [1.54, 1.807) is 0 Å². The van der Waals surface area contributed by atoms with E-state index >= 15 is 0 Å².